The fourth-order valence-corrected chi connectivity index (χ4v) is 13.9. The summed E-state index contributed by atoms with van der Waals surface area (Å²) in [5, 5.41) is 40.9. The van der Waals surface area contributed by atoms with E-state index >= 15 is 9.59 Å². The Morgan fingerprint density at radius 2 is 1.45 bits per heavy atom. The van der Waals surface area contributed by atoms with Crippen molar-refractivity contribution in [3.05, 3.63) is 93.1 Å². The molecule has 3 saturated carbocycles. The average molecular weight is 1240 g/mol. The second-order valence-electron chi connectivity index (χ2n) is 25.8. The Hall–Kier alpha value is -7.93. The van der Waals surface area contributed by atoms with E-state index in [2.05, 4.69) is 10.6 Å². The fourth-order valence-electron chi connectivity index (χ4n) is 13.9. The Kier molecular flexibility index (Phi) is 21.1. The van der Waals surface area contributed by atoms with Crippen molar-refractivity contribution in [2.75, 3.05) is 13.2 Å². The lowest BCUT2D eigenvalue weighted by Gasteiger charge is -2.67. The van der Waals surface area contributed by atoms with Gasteiger partial charge in [0.2, 0.25) is 24.5 Å². The third kappa shape index (κ3) is 14.4. The summed E-state index contributed by atoms with van der Waals surface area (Å²) in [4.78, 5) is 167. The van der Waals surface area contributed by atoms with Crippen LogP contribution in [0.25, 0.3) is 0 Å². The lowest BCUT2D eigenvalue weighted by molar-refractivity contribution is -0.490. The first-order valence-corrected chi connectivity index (χ1v) is 30.0. The number of aliphatic hydroxyl groups is 1. The molecule has 4 aliphatic carbocycles. The van der Waals surface area contributed by atoms with Crippen molar-refractivity contribution in [2.24, 2.45) is 46.3 Å². The van der Waals surface area contributed by atoms with Crippen molar-refractivity contribution < 1.29 is 101 Å². The number of hydrogen-bond acceptors (Lipinski definition) is 21. The lowest BCUT2D eigenvalue weighted by atomic mass is 9.44. The molecule has 25 nitrogen and oxygen atoms in total. The number of fused-ring (bicyclic) bond motifs is 5. The molecule has 0 unspecified atom stereocenters. The Morgan fingerprint density at radius 1 is 0.831 bits per heavy atom. The van der Waals surface area contributed by atoms with Crippen molar-refractivity contribution in [1.29, 1.82) is 0 Å². The quantitative estimate of drug-likeness (QED) is 0.0332. The maximum absolute atomic E-state index is 16.4. The normalized spacial score (nSPS) is 29.4. The Bertz CT molecular complexity index is 3130. The zero-order valence-corrected chi connectivity index (χ0v) is 51.9. The van der Waals surface area contributed by atoms with Crippen molar-refractivity contribution in [3.63, 3.8) is 0 Å². The third-order valence-electron chi connectivity index (χ3n) is 18.3. The zero-order valence-electron chi connectivity index (χ0n) is 51.9. The van der Waals surface area contributed by atoms with Gasteiger partial charge in [0.25, 0.3) is 0 Å². The van der Waals surface area contributed by atoms with E-state index in [1.54, 1.807) is 58.9 Å². The summed E-state index contributed by atoms with van der Waals surface area (Å²) in [7, 11) is 0. The van der Waals surface area contributed by atoms with Crippen LogP contribution in [-0.4, -0.2) is 147 Å². The van der Waals surface area contributed by atoms with Crippen LogP contribution >= 0.6 is 0 Å². The van der Waals surface area contributed by atoms with E-state index in [0.29, 0.717) is 0 Å². The smallest absolute Gasteiger partial charge is 0.350 e. The van der Waals surface area contributed by atoms with Gasteiger partial charge in [0.15, 0.2) is 17.5 Å². The highest BCUT2D eigenvalue weighted by Crippen LogP contribution is 2.65. The van der Waals surface area contributed by atoms with Gasteiger partial charge in [0.05, 0.1) is 23.5 Å². The van der Waals surface area contributed by atoms with E-state index in [1.807, 2.05) is 0 Å². The van der Waals surface area contributed by atoms with Crippen LogP contribution in [-0.2, 0) is 81.1 Å². The lowest BCUT2D eigenvalue weighted by Crippen LogP contribution is -2.82. The molecule has 1 saturated heterocycles. The predicted octanol–water partition coefficient (Wildman–Crippen LogP) is 5.47. The van der Waals surface area contributed by atoms with Crippen LogP contribution in [0.3, 0.4) is 0 Å². The molecule has 2 amide bonds. The van der Waals surface area contributed by atoms with Gasteiger partial charge in [0, 0.05) is 81.0 Å². The number of carboxylic acid groups (broad SMARTS) is 1. The predicted molar refractivity (Wildman–Crippen MR) is 310 cm³/mol. The van der Waals surface area contributed by atoms with Crippen LogP contribution in [0.2, 0.25) is 0 Å². The molecule has 484 valence electrons. The van der Waals surface area contributed by atoms with Crippen LogP contribution in [0.4, 0.5) is 0 Å². The van der Waals surface area contributed by atoms with E-state index in [1.165, 1.54) is 64.1 Å². The molecule has 4 fully saturated rings. The maximum atomic E-state index is 16.4. The number of amides is 2. The largest absolute Gasteiger partial charge is 0.481 e. The van der Waals surface area contributed by atoms with Crippen LogP contribution < -0.4 is 10.6 Å². The third-order valence-corrected chi connectivity index (χ3v) is 18.3. The molecule has 1 aliphatic heterocycles. The van der Waals surface area contributed by atoms with Crippen molar-refractivity contribution in [2.45, 2.75) is 187 Å². The first kappa shape index (κ1) is 68.6. The van der Waals surface area contributed by atoms with Crippen molar-refractivity contribution >= 4 is 65.2 Å². The van der Waals surface area contributed by atoms with Gasteiger partial charge in [-0.25, -0.2) is 9.59 Å². The number of esters is 6. The molecule has 2 bridgehead atoms. The molecule has 15 atom stereocenters. The van der Waals surface area contributed by atoms with Gasteiger partial charge in [-0.2, -0.15) is 0 Å². The topological polar surface area (TPSA) is 360 Å². The van der Waals surface area contributed by atoms with E-state index in [0.717, 1.165) is 13.8 Å². The monoisotopic (exact) mass is 1240 g/mol. The molecule has 2 aromatic rings. The van der Waals surface area contributed by atoms with Gasteiger partial charge in [-0.1, -0.05) is 97.0 Å². The summed E-state index contributed by atoms with van der Waals surface area (Å²) in [6.45, 7) is 15.5. The molecule has 89 heavy (non-hydrogen) atoms. The SMILES string of the molecule is CC(=O)O[C@H]1C(=O)[C@]2(C)[C@@H](OC(=O)CC(C)C)C[C@H]3OC[C@@]3(OC(C)=O)[C@H]2[C@H](OC(=O)c2ccccc2)[C@]2(O)C[C@H](OC(=O)[C@H](OC(=O)CC(C)C)[C@@H](NC(=O)[C@@H](CCC(=O)O)NC(=O)C[C@H]3C(=O)C[C@@H](C)[C@@H]3C[N+](=O)[O-])c3ccccc3)C(C)=C1C2(C)C. The number of ketones is 2. The second kappa shape index (κ2) is 27.4. The van der Waals surface area contributed by atoms with Gasteiger partial charge in [-0.05, 0) is 66.9 Å². The summed E-state index contributed by atoms with van der Waals surface area (Å²) >= 11 is 0. The number of nitro groups is 1. The summed E-state index contributed by atoms with van der Waals surface area (Å²) in [5.41, 5.74) is -8.74. The maximum Gasteiger partial charge on any atom is 0.350 e. The highest BCUT2D eigenvalue weighted by Gasteiger charge is 2.79. The molecular formula is C64H81N3O22. The molecular weight excluding hydrogens is 1160 g/mol. The molecule has 7 rings (SSSR count). The molecule has 0 radical (unpaired) electrons. The Balaban J connectivity index is 1.39. The number of nitrogens with one attached hydrogen (secondary N) is 2. The molecule has 5 aliphatic rings. The number of aliphatic carboxylic acids is 1. The zero-order chi connectivity index (χ0) is 65.8. The molecule has 2 aromatic carbocycles. The van der Waals surface area contributed by atoms with Gasteiger partial charge >= 0.3 is 41.8 Å². The summed E-state index contributed by atoms with van der Waals surface area (Å²) in [6, 6.07) is 11.7. The number of benzene rings is 2. The Morgan fingerprint density at radius 3 is 2.01 bits per heavy atom. The standard InChI is InChI=1S/C64H81N3O22/c1-32(2)24-49(74)86-45-28-46-63(31-83-46,89-37(8)69)55-57(88-59(78)39-20-16-13-17-21-39)64(80)29-44(35(6)51(61(64,9)10)53(84-36(7)68)56(76)62(45,55)11)85-60(79)54(87-50(75)25-33(3)4)52(38-18-14-12-15-19-38)66-58(77)42(22-23-48(72)73)65-47(71)27-40-41(30-67(81)82)34(5)26-43(40)70/h12-21,32-34,40-42,44-46,52-55,57,80H,22-31H2,1-11H3,(H,65,71)(H,66,77)(H,72,73)/t34-,40-,41+,42-,44+,45+,46-,52+,53-,54-,55+,57+,62-,63+,64-/m1/s1. The highest BCUT2D eigenvalue weighted by molar-refractivity contribution is 5.96. The average Bonchev–Trinajstić information content (AvgIpc) is 0.907. The first-order chi connectivity index (χ1) is 41.7. The van der Waals surface area contributed by atoms with Crippen LogP contribution in [0.5, 0.6) is 0 Å². The van der Waals surface area contributed by atoms with Crippen LogP contribution in [0.1, 0.15) is 149 Å². The molecule has 25 heteroatoms. The van der Waals surface area contributed by atoms with Gasteiger partial charge in [0.1, 0.15) is 47.9 Å². The fraction of sp³-hybridized carbons (Fsp3) is 0.609. The van der Waals surface area contributed by atoms with E-state index in [9.17, 15) is 63.5 Å². The number of ether oxygens (including phenoxy) is 7. The minimum atomic E-state index is -2.63. The summed E-state index contributed by atoms with van der Waals surface area (Å²) in [5.74, 6) is -15.5. The number of carbonyl (C=O) groups is 11. The van der Waals surface area contributed by atoms with Gasteiger partial charge < -0.3 is 54.0 Å². The van der Waals surface area contributed by atoms with E-state index in [4.69, 9.17) is 33.2 Å². The van der Waals surface area contributed by atoms with Crippen LogP contribution in [0.15, 0.2) is 71.8 Å². The minimum absolute atomic E-state index is 0.00566. The number of Topliss-reactive ketones (excluding diaryl/α,β-unsaturated/α-hetero) is 2. The summed E-state index contributed by atoms with van der Waals surface area (Å²) < 4.78 is 43.7. The second-order valence-corrected chi connectivity index (χ2v) is 25.8. The first-order valence-electron chi connectivity index (χ1n) is 30.0. The van der Waals surface area contributed by atoms with Gasteiger partial charge in [-0.3, -0.25) is 53.3 Å². The van der Waals surface area contributed by atoms with Crippen molar-refractivity contribution in [3.8, 4) is 0 Å². The summed E-state index contributed by atoms with van der Waals surface area (Å²) in [6.07, 6.45) is -13.9. The number of rotatable bonds is 24. The minimum Gasteiger partial charge on any atom is -0.481 e. The number of carbonyl (C=O) groups excluding carboxylic acids is 10. The molecule has 1 heterocycles. The molecule has 4 N–H and O–H groups in total. The number of carboxylic acids is 1. The van der Waals surface area contributed by atoms with Crippen molar-refractivity contribution in [1.82, 2.24) is 10.6 Å². The molecule has 0 aromatic heterocycles. The molecule has 0 spiro atoms. The van der Waals surface area contributed by atoms with Gasteiger partial charge in [-0.15, -0.1) is 0 Å². The van der Waals surface area contributed by atoms with Crippen LogP contribution in [0, 0.1) is 56.5 Å². The highest BCUT2D eigenvalue weighted by atomic mass is 16.6. The number of nitrogens with zero attached hydrogens (tertiary/aromatic N) is 1. The van der Waals surface area contributed by atoms with E-state index < -0.39 is 203 Å². The number of hydrogen-bond donors (Lipinski definition) is 4. The Labute approximate surface area is 515 Å². The van der Waals surface area contributed by atoms with E-state index in [-0.39, 0.29) is 59.8 Å².